The Morgan fingerprint density at radius 3 is 2.82 bits per heavy atom. The lowest BCUT2D eigenvalue weighted by atomic mass is 10.2. The SMILES string of the molecule is C[C@@H](Cn1cnnn1)Oc1cc(-c2ccc3ncn(-c4cc(F)ccc4C#N)c3n2)ncn1. The number of nitriles is 1. The van der Waals surface area contributed by atoms with Gasteiger partial charge in [-0.1, -0.05) is 0 Å². The molecule has 0 saturated heterocycles. The van der Waals surface area contributed by atoms with Gasteiger partial charge >= 0.3 is 0 Å². The standard InChI is InChI=1S/C21H15FN10O/c1-13(9-31-12-27-29-30-31)33-20-7-18(24-10-25-20)16-4-5-17-21(28-16)32(11-26-17)19-6-15(22)3-2-14(19)8-23/h2-7,10-13H,9H2,1H3/t13-/m0/s1. The summed E-state index contributed by atoms with van der Waals surface area (Å²) in [5.41, 5.74) is 2.78. The molecule has 162 valence electrons. The second kappa shape index (κ2) is 8.39. The highest BCUT2D eigenvalue weighted by Gasteiger charge is 2.14. The smallest absolute Gasteiger partial charge is 0.217 e. The van der Waals surface area contributed by atoms with E-state index in [0.29, 0.717) is 46.2 Å². The van der Waals surface area contributed by atoms with Crippen LogP contribution < -0.4 is 4.74 Å². The third-order valence-electron chi connectivity index (χ3n) is 4.80. The lowest BCUT2D eigenvalue weighted by Crippen LogP contribution is -2.20. The van der Waals surface area contributed by atoms with Crippen LogP contribution in [-0.4, -0.2) is 50.8 Å². The number of rotatable bonds is 6. The predicted octanol–water partition coefficient (Wildman–Crippen LogP) is 2.34. The Kier molecular flexibility index (Phi) is 5.12. The quantitative estimate of drug-likeness (QED) is 0.388. The molecule has 0 aliphatic rings. The fraction of sp³-hybridized carbons (Fsp3) is 0.143. The Balaban J connectivity index is 1.48. The van der Waals surface area contributed by atoms with Crippen molar-refractivity contribution in [2.24, 2.45) is 0 Å². The number of halogens is 1. The van der Waals surface area contributed by atoms with E-state index in [4.69, 9.17) is 4.74 Å². The highest BCUT2D eigenvalue weighted by atomic mass is 19.1. The summed E-state index contributed by atoms with van der Waals surface area (Å²) in [6, 6.07) is 11.2. The molecule has 12 heteroatoms. The molecular weight excluding hydrogens is 427 g/mol. The van der Waals surface area contributed by atoms with Gasteiger partial charge in [0.2, 0.25) is 5.88 Å². The van der Waals surface area contributed by atoms with Crippen LogP contribution in [-0.2, 0) is 6.54 Å². The van der Waals surface area contributed by atoms with Crippen LogP contribution >= 0.6 is 0 Å². The molecule has 0 radical (unpaired) electrons. The van der Waals surface area contributed by atoms with Crippen LogP contribution in [0, 0.1) is 17.1 Å². The maximum atomic E-state index is 13.9. The van der Waals surface area contributed by atoms with Crippen molar-refractivity contribution in [1.29, 1.82) is 5.26 Å². The van der Waals surface area contributed by atoms with E-state index in [1.807, 2.05) is 6.92 Å². The summed E-state index contributed by atoms with van der Waals surface area (Å²) in [5, 5.41) is 20.4. The Labute approximate surface area is 186 Å². The van der Waals surface area contributed by atoms with Gasteiger partial charge < -0.3 is 4.74 Å². The van der Waals surface area contributed by atoms with Gasteiger partial charge in [-0.15, -0.1) is 5.10 Å². The Morgan fingerprint density at radius 1 is 1.09 bits per heavy atom. The summed E-state index contributed by atoms with van der Waals surface area (Å²) in [4.78, 5) is 17.4. The van der Waals surface area contributed by atoms with Crippen molar-refractivity contribution >= 4 is 11.2 Å². The van der Waals surface area contributed by atoms with Crippen LogP contribution in [0.3, 0.4) is 0 Å². The normalized spacial score (nSPS) is 11.9. The summed E-state index contributed by atoms with van der Waals surface area (Å²) in [5.74, 6) is -0.0942. The minimum atomic E-state index is -0.463. The zero-order chi connectivity index (χ0) is 22.8. The average Bonchev–Trinajstić information content (AvgIpc) is 3.48. The summed E-state index contributed by atoms with van der Waals surface area (Å²) in [7, 11) is 0. The maximum absolute atomic E-state index is 13.9. The van der Waals surface area contributed by atoms with E-state index in [1.54, 1.807) is 27.4 Å². The van der Waals surface area contributed by atoms with Crippen LogP contribution in [0.4, 0.5) is 4.39 Å². The van der Waals surface area contributed by atoms with Crippen molar-refractivity contribution < 1.29 is 9.13 Å². The molecular formula is C21H15FN10O. The predicted molar refractivity (Wildman–Crippen MR) is 112 cm³/mol. The van der Waals surface area contributed by atoms with Crippen molar-refractivity contribution in [1.82, 2.24) is 44.7 Å². The molecule has 1 aromatic carbocycles. The summed E-state index contributed by atoms with van der Waals surface area (Å²) >= 11 is 0. The van der Waals surface area contributed by atoms with Crippen molar-refractivity contribution in [3.63, 3.8) is 0 Å². The lowest BCUT2D eigenvalue weighted by molar-refractivity contribution is 0.185. The van der Waals surface area contributed by atoms with Crippen molar-refractivity contribution in [2.75, 3.05) is 0 Å². The van der Waals surface area contributed by atoms with E-state index in [1.165, 1.54) is 37.2 Å². The second-order valence-corrected chi connectivity index (χ2v) is 7.13. The number of benzene rings is 1. The molecule has 11 nitrogen and oxygen atoms in total. The van der Waals surface area contributed by atoms with Crippen LogP contribution in [0.25, 0.3) is 28.2 Å². The minimum absolute atomic E-state index is 0.245. The third-order valence-corrected chi connectivity index (χ3v) is 4.80. The molecule has 0 amide bonds. The van der Waals surface area contributed by atoms with Gasteiger partial charge in [-0.3, -0.25) is 4.57 Å². The molecule has 0 aliphatic heterocycles. The molecule has 0 unspecified atom stereocenters. The first-order valence-electron chi connectivity index (χ1n) is 9.84. The van der Waals surface area contributed by atoms with Crippen LogP contribution in [0.2, 0.25) is 0 Å². The van der Waals surface area contributed by atoms with E-state index >= 15 is 0 Å². The van der Waals surface area contributed by atoms with E-state index in [-0.39, 0.29) is 6.10 Å². The highest BCUT2D eigenvalue weighted by molar-refractivity contribution is 5.77. The summed E-state index contributed by atoms with van der Waals surface area (Å²) < 4.78 is 22.9. The second-order valence-electron chi connectivity index (χ2n) is 7.13. The van der Waals surface area contributed by atoms with Crippen LogP contribution in [0.5, 0.6) is 5.88 Å². The number of hydrogen-bond acceptors (Lipinski definition) is 9. The van der Waals surface area contributed by atoms with Gasteiger partial charge in [0.25, 0.3) is 0 Å². The maximum Gasteiger partial charge on any atom is 0.217 e. The Bertz CT molecular complexity index is 1470. The van der Waals surface area contributed by atoms with E-state index in [0.717, 1.165) is 0 Å². The topological polar surface area (TPSA) is 133 Å². The van der Waals surface area contributed by atoms with Crippen LogP contribution in [0.15, 0.2) is 55.4 Å². The number of nitrogens with zero attached hydrogens (tertiary/aromatic N) is 10. The van der Waals surface area contributed by atoms with Gasteiger partial charge in [0.15, 0.2) is 5.65 Å². The molecule has 4 heterocycles. The number of tetrazole rings is 1. The summed E-state index contributed by atoms with van der Waals surface area (Å²) in [6.45, 7) is 2.32. The first kappa shape index (κ1) is 20.1. The molecule has 33 heavy (non-hydrogen) atoms. The number of imidazole rings is 1. The lowest BCUT2D eigenvalue weighted by Gasteiger charge is -2.13. The van der Waals surface area contributed by atoms with Gasteiger partial charge in [-0.2, -0.15) is 5.26 Å². The monoisotopic (exact) mass is 442 g/mol. The molecule has 0 saturated carbocycles. The molecule has 0 N–H and O–H groups in total. The van der Waals surface area contributed by atoms with Crippen LogP contribution in [0.1, 0.15) is 12.5 Å². The molecule has 0 bridgehead atoms. The fourth-order valence-electron chi connectivity index (χ4n) is 3.33. The molecule has 4 aromatic heterocycles. The molecule has 0 fully saturated rings. The first-order chi connectivity index (χ1) is 16.1. The first-order valence-corrected chi connectivity index (χ1v) is 9.84. The number of ether oxygens (including phenoxy) is 1. The third kappa shape index (κ3) is 4.07. The minimum Gasteiger partial charge on any atom is -0.473 e. The highest BCUT2D eigenvalue weighted by Crippen LogP contribution is 2.25. The molecule has 5 aromatic rings. The zero-order valence-electron chi connectivity index (χ0n) is 17.2. The number of aromatic nitrogens is 9. The van der Waals surface area contributed by atoms with Gasteiger partial charge in [0.1, 0.15) is 42.5 Å². The fourth-order valence-corrected chi connectivity index (χ4v) is 3.33. The molecule has 5 rings (SSSR count). The summed E-state index contributed by atoms with van der Waals surface area (Å²) in [6.07, 6.45) is 4.15. The average molecular weight is 442 g/mol. The number of fused-ring (bicyclic) bond motifs is 1. The van der Waals surface area contributed by atoms with E-state index in [9.17, 15) is 9.65 Å². The largest absolute Gasteiger partial charge is 0.473 e. The van der Waals surface area contributed by atoms with Crippen molar-refractivity contribution in [3.8, 4) is 29.0 Å². The van der Waals surface area contributed by atoms with Gasteiger partial charge in [0.05, 0.1) is 29.2 Å². The van der Waals surface area contributed by atoms with Gasteiger partial charge in [-0.05, 0) is 47.7 Å². The Hall–Kier alpha value is -4.79. The van der Waals surface area contributed by atoms with Gasteiger partial charge in [-0.25, -0.2) is 29.0 Å². The molecule has 1 atom stereocenters. The molecule has 0 aliphatic carbocycles. The van der Waals surface area contributed by atoms with E-state index < -0.39 is 5.82 Å². The molecule has 0 spiro atoms. The van der Waals surface area contributed by atoms with Crippen molar-refractivity contribution in [3.05, 3.63) is 66.8 Å². The van der Waals surface area contributed by atoms with Gasteiger partial charge in [0, 0.05) is 6.07 Å². The van der Waals surface area contributed by atoms with Crippen molar-refractivity contribution in [2.45, 2.75) is 19.6 Å². The number of hydrogen-bond donors (Lipinski definition) is 0. The number of pyridine rings is 1. The Morgan fingerprint density at radius 2 is 2.00 bits per heavy atom. The van der Waals surface area contributed by atoms with E-state index in [2.05, 4.69) is 41.5 Å². The zero-order valence-corrected chi connectivity index (χ0v) is 17.2.